The number of benzene rings is 1. The van der Waals surface area contributed by atoms with E-state index in [1.807, 2.05) is 0 Å². The van der Waals surface area contributed by atoms with Gasteiger partial charge in [0.2, 0.25) is 5.91 Å². The number of urea groups is 1. The third-order valence-electron chi connectivity index (χ3n) is 5.04. The number of halogens is 1. The first-order valence-electron chi connectivity index (χ1n) is 8.43. The maximum absolute atomic E-state index is 14.1. The van der Waals surface area contributed by atoms with Crippen LogP contribution in [0.3, 0.4) is 0 Å². The number of amides is 4. The van der Waals surface area contributed by atoms with Gasteiger partial charge in [0.25, 0.3) is 5.91 Å². The molecule has 2 fully saturated rings. The number of nitrogens with one attached hydrogen (secondary N) is 2. The van der Waals surface area contributed by atoms with E-state index < -0.39 is 41.3 Å². The lowest BCUT2D eigenvalue weighted by Gasteiger charge is -2.24. The quantitative estimate of drug-likeness (QED) is 0.797. The first-order chi connectivity index (χ1) is 12.3. The van der Waals surface area contributed by atoms with Gasteiger partial charge in [-0.2, -0.15) is 5.26 Å². The van der Waals surface area contributed by atoms with E-state index in [0.29, 0.717) is 12.8 Å². The van der Waals surface area contributed by atoms with Crippen LogP contribution >= 0.6 is 0 Å². The predicted molar refractivity (Wildman–Crippen MR) is 89.0 cm³/mol. The highest BCUT2D eigenvalue weighted by Crippen LogP contribution is 2.31. The summed E-state index contributed by atoms with van der Waals surface area (Å²) in [6.07, 6.45) is 2.76. The number of carbonyl (C=O) groups excluding carboxylic acids is 3. The lowest BCUT2D eigenvalue weighted by atomic mass is 9.91. The topological polar surface area (TPSA) is 102 Å². The highest BCUT2D eigenvalue weighted by molar-refractivity contribution is 6.09. The molecule has 1 aromatic rings. The Morgan fingerprint density at radius 1 is 1.35 bits per heavy atom. The van der Waals surface area contributed by atoms with Crippen molar-refractivity contribution in [2.24, 2.45) is 0 Å². The second-order valence-electron chi connectivity index (χ2n) is 6.88. The van der Waals surface area contributed by atoms with E-state index in [4.69, 9.17) is 0 Å². The van der Waals surface area contributed by atoms with Crippen LogP contribution in [0, 0.1) is 17.1 Å². The van der Waals surface area contributed by atoms with E-state index >= 15 is 0 Å². The van der Waals surface area contributed by atoms with Crippen LogP contribution in [0.4, 0.5) is 9.18 Å². The van der Waals surface area contributed by atoms with E-state index in [9.17, 15) is 24.0 Å². The van der Waals surface area contributed by atoms with Crippen LogP contribution in [-0.2, 0) is 15.1 Å². The van der Waals surface area contributed by atoms with Crippen molar-refractivity contribution in [3.05, 3.63) is 35.6 Å². The SMILES string of the molecule is CC1(c2ccccc2F)NC(=O)N(CC(=O)NC2(C#N)CCCC2)C1=O. The summed E-state index contributed by atoms with van der Waals surface area (Å²) in [6, 6.07) is 7.02. The fraction of sp³-hybridized carbons (Fsp3) is 0.444. The first-order valence-corrected chi connectivity index (χ1v) is 8.43. The molecular formula is C18H19FN4O3. The van der Waals surface area contributed by atoms with Crippen molar-refractivity contribution in [3.8, 4) is 6.07 Å². The Bertz CT molecular complexity index is 813. The highest BCUT2D eigenvalue weighted by Gasteiger charge is 2.51. The molecule has 0 radical (unpaired) electrons. The smallest absolute Gasteiger partial charge is 0.325 e. The van der Waals surface area contributed by atoms with Gasteiger partial charge in [-0.1, -0.05) is 18.2 Å². The number of nitrogens with zero attached hydrogens (tertiary/aromatic N) is 2. The van der Waals surface area contributed by atoms with Crippen molar-refractivity contribution in [1.29, 1.82) is 5.26 Å². The number of imide groups is 1. The molecule has 1 heterocycles. The van der Waals surface area contributed by atoms with Gasteiger partial charge in [-0.3, -0.25) is 14.5 Å². The largest absolute Gasteiger partial charge is 0.336 e. The van der Waals surface area contributed by atoms with Crippen LogP contribution in [0.2, 0.25) is 0 Å². The molecule has 1 saturated heterocycles. The minimum absolute atomic E-state index is 0.0329. The van der Waals surface area contributed by atoms with Gasteiger partial charge in [0.1, 0.15) is 23.4 Å². The van der Waals surface area contributed by atoms with Crippen molar-refractivity contribution in [2.75, 3.05) is 6.54 Å². The fourth-order valence-corrected chi connectivity index (χ4v) is 3.58. The molecule has 0 bridgehead atoms. The van der Waals surface area contributed by atoms with Crippen molar-refractivity contribution < 1.29 is 18.8 Å². The Labute approximate surface area is 150 Å². The van der Waals surface area contributed by atoms with Crippen molar-refractivity contribution in [3.63, 3.8) is 0 Å². The molecule has 2 N–H and O–H groups in total. The molecule has 2 aliphatic rings. The van der Waals surface area contributed by atoms with Gasteiger partial charge in [-0.15, -0.1) is 0 Å². The monoisotopic (exact) mass is 358 g/mol. The van der Waals surface area contributed by atoms with Gasteiger partial charge < -0.3 is 10.6 Å². The zero-order valence-corrected chi connectivity index (χ0v) is 14.3. The van der Waals surface area contributed by atoms with E-state index in [0.717, 1.165) is 17.7 Å². The standard InChI is InChI=1S/C18H19FN4O3/c1-17(12-6-2-3-7-13(12)19)15(25)23(16(26)22-17)10-14(24)21-18(11-20)8-4-5-9-18/h2-3,6-7H,4-5,8-10H2,1H3,(H,21,24)(H,22,26). The number of hydrogen-bond acceptors (Lipinski definition) is 4. The predicted octanol–water partition coefficient (Wildman–Crippen LogP) is 1.55. The molecule has 3 rings (SSSR count). The number of nitriles is 1. The fourth-order valence-electron chi connectivity index (χ4n) is 3.58. The van der Waals surface area contributed by atoms with Crippen LogP contribution in [0.15, 0.2) is 24.3 Å². The van der Waals surface area contributed by atoms with Crippen molar-refractivity contribution in [2.45, 2.75) is 43.7 Å². The summed E-state index contributed by atoms with van der Waals surface area (Å²) in [5, 5.41) is 14.4. The molecule has 1 atom stereocenters. The van der Waals surface area contributed by atoms with Gasteiger partial charge >= 0.3 is 6.03 Å². The van der Waals surface area contributed by atoms with Crippen molar-refractivity contribution >= 4 is 17.8 Å². The molecule has 8 heteroatoms. The second kappa shape index (κ2) is 6.41. The Morgan fingerprint density at radius 2 is 2.00 bits per heavy atom. The van der Waals surface area contributed by atoms with Crippen LogP contribution < -0.4 is 10.6 Å². The normalized spacial score (nSPS) is 24.3. The van der Waals surface area contributed by atoms with Gasteiger partial charge in [0.15, 0.2) is 0 Å². The van der Waals surface area contributed by atoms with Gasteiger partial charge in [0.05, 0.1) is 6.07 Å². The van der Waals surface area contributed by atoms with Gasteiger partial charge in [0, 0.05) is 5.56 Å². The molecule has 0 aromatic heterocycles. The summed E-state index contributed by atoms with van der Waals surface area (Å²) in [5.41, 5.74) is -2.49. The van der Waals surface area contributed by atoms with Crippen LogP contribution in [0.5, 0.6) is 0 Å². The molecule has 0 spiro atoms. The summed E-state index contributed by atoms with van der Waals surface area (Å²) in [6.45, 7) is 0.884. The molecule has 1 aliphatic heterocycles. The van der Waals surface area contributed by atoms with E-state index in [1.165, 1.54) is 25.1 Å². The molecule has 1 saturated carbocycles. The highest BCUT2D eigenvalue weighted by atomic mass is 19.1. The van der Waals surface area contributed by atoms with E-state index in [1.54, 1.807) is 6.07 Å². The lowest BCUT2D eigenvalue weighted by molar-refractivity contribution is -0.135. The third kappa shape index (κ3) is 2.90. The summed E-state index contributed by atoms with van der Waals surface area (Å²) in [4.78, 5) is 38.0. The van der Waals surface area contributed by atoms with E-state index in [-0.39, 0.29) is 5.56 Å². The summed E-state index contributed by atoms with van der Waals surface area (Å²) >= 11 is 0. The Kier molecular flexibility index (Phi) is 4.40. The maximum atomic E-state index is 14.1. The minimum Gasteiger partial charge on any atom is -0.336 e. The molecule has 7 nitrogen and oxygen atoms in total. The minimum atomic E-state index is -1.58. The molecule has 1 aromatic carbocycles. The van der Waals surface area contributed by atoms with Crippen LogP contribution in [0.1, 0.15) is 38.2 Å². The van der Waals surface area contributed by atoms with Crippen LogP contribution in [0.25, 0.3) is 0 Å². The molecule has 1 aliphatic carbocycles. The summed E-state index contributed by atoms with van der Waals surface area (Å²) < 4.78 is 14.1. The zero-order chi connectivity index (χ0) is 18.9. The number of rotatable bonds is 4. The van der Waals surface area contributed by atoms with Gasteiger partial charge in [-0.25, -0.2) is 9.18 Å². The van der Waals surface area contributed by atoms with Crippen molar-refractivity contribution in [1.82, 2.24) is 15.5 Å². The summed E-state index contributed by atoms with van der Waals surface area (Å²) in [5.74, 6) is -1.92. The maximum Gasteiger partial charge on any atom is 0.325 e. The third-order valence-corrected chi connectivity index (χ3v) is 5.04. The Hall–Kier alpha value is -2.95. The zero-order valence-electron chi connectivity index (χ0n) is 14.3. The Balaban J connectivity index is 1.77. The molecular weight excluding hydrogens is 339 g/mol. The molecule has 1 unspecified atom stereocenters. The van der Waals surface area contributed by atoms with Gasteiger partial charge in [-0.05, 0) is 38.7 Å². The van der Waals surface area contributed by atoms with E-state index in [2.05, 4.69) is 16.7 Å². The summed E-state index contributed by atoms with van der Waals surface area (Å²) in [7, 11) is 0. The first kappa shape index (κ1) is 17.9. The molecule has 26 heavy (non-hydrogen) atoms. The Morgan fingerprint density at radius 3 is 2.62 bits per heavy atom. The average Bonchev–Trinajstić information content (AvgIpc) is 3.15. The average molecular weight is 358 g/mol. The number of carbonyl (C=O) groups is 3. The molecule has 136 valence electrons. The molecule has 4 amide bonds. The second-order valence-corrected chi connectivity index (χ2v) is 6.88. The number of hydrogen-bond donors (Lipinski definition) is 2. The lowest BCUT2D eigenvalue weighted by Crippen LogP contribution is -2.50. The van der Waals surface area contributed by atoms with Crippen LogP contribution in [-0.4, -0.2) is 34.8 Å².